The molecule has 0 aliphatic heterocycles. The minimum absolute atomic E-state index is 0.220. The normalized spacial score (nSPS) is 11.3. The molecule has 0 amide bonds. The molecule has 2 aromatic carbocycles. The van der Waals surface area contributed by atoms with Crippen LogP contribution in [0, 0.1) is 12.7 Å². The molecular formula is C19H25FN4. The van der Waals surface area contributed by atoms with Crippen molar-refractivity contribution in [3.8, 4) is 0 Å². The Morgan fingerprint density at radius 2 is 1.71 bits per heavy atom. The van der Waals surface area contributed by atoms with Crippen molar-refractivity contribution in [3.63, 3.8) is 0 Å². The molecule has 4 nitrogen and oxygen atoms in total. The smallest absolute Gasteiger partial charge is 0.191 e. The van der Waals surface area contributed by atoms with Gasteiger partial charge in [0.1, 0.15) is 5.82 Å². The van der Waals surface area contributed by atoms with Crippen molar-refractivity contribution in [2.45, 2.75) is 20.0 Å². The molecule has 24 heavy (non-hydrogen) atoms. The fraction of sp³-hybridized carbons (Fsp3) is 0.316. The maximum atomic E-state index is 14.0. The summed E-state index contributed by atoms with van der Waals surface area (Å²) in [5.74, 6) is 0.468. The third-order valence-electron chi connectivity index (χ3n) is 3.72. The van der Waals surface area contributed by atoms with Gasteiger partial charge in [-0.15, -0.1) is 0 Å². The predicted molar refractivity (Wildman–Crippen MR) is 98.9 cm³/mol. The number of aliphatic imine (C=N–C) groups is 1. The fourth-order valence-electron chi connectivity index (χ4n) is 2.44. The average molecular weight is 328 g/mol. The van der Waals surface area contributed by atoms with E-state index in [1.807, 2.05) is 26.2 Å². The molecule has 2 rings (SSSR count). The van der Waals surface area contributed by atoms with Gasteiger partial charge in [0.25, 0.3) is 0 Å². The number of benzene rings is 2. The number of rotatable bonds is 5. The SMILES string of the molecule is CN=C(NCc1cccc(C)c1)NCc1ccc(N(C)C)c(F)c1. The van der Waals surface area contributed by atoms with E-state index in [4.69, 9.17) is 0 Å². The monoisotopic (exact) mass is 328 g/mol. The van der Waals surface area contributed by atoms with Crippen LogP contribution < -0.4 is 15.5 Å². The third kappa shape index (κ3) is 4.98. The highest BCUT2D eigenvalue weighted by Gasteiger charge is 2.06. The van der Waals surface area contributed by atoms with E-state index in [-0.39, 0.29) is 5.82 Å². The first kappa shape index (κ1) is 17.8. The molecule has 0 aliphatic rings. The van der Waals surface area contributed by atoms with Gasteiger partial charge in [-0.05, 0) is 30.2 Å². The van der Waals surface area contributed by atoms with Gasteiger partial charge in [-0.1, -0.05) is 35.9 Å². The van der Waals surface area contributed by atoms with Gasteiger partial charge in [0.15, 0.2) is 5.96 Å². The molecule has 0 unspecified atom stereocenters. The lowest BCUT2D eigenvalue weighted by Gasteiger charge is -2.15. The maximum absolute atomic E-state index is 14.0. The Kier molecular flexibility index (Phi) is 6.18. The van der Waals surface area contributed by atoms with E-state index in [0.717, 1.165) is 5.56 Å². The fourth-order valence-corrected chi connectivity index (χ4v) is 2.44. The number of aryl methyl sites for hydroxylation is 1. The van der Waals surface area contributed by atoms with Crippen molar-refractivity contribution in [2.75, 3.05) is 26.0 Å². The topological polar surface area (TPSA) is 39.7 Å². The highest BCUT2D eigenvalue weighted by molar-refractivity contribution is 5.79. The Morgan fingerprint density at radius 3 is 2.25 bits per heavy atom. The van der Waals surface area contributed by atoms with Crippen LogP contribution in [0.3, 0.4) is 0 Å². The second-order valence-electron chi connectivity index (χ2n) is 5.95. The van der Waals surface area contributed by atoms with Crippen LogP contribution in [0.25, 0.3) is 0 Å². The van der Waals surface area contributed by atoms with Gasteiger partial charge < -0.3 is 15.5 Å². The molecule has 0 aliphatic carbocycles. The Balaban J connectivity index is 1.91. The molecule has 0 spiro atoms. The van der Waals surface area contributed by atoms with Crippen LogP contribution in [0.4, 0.5) is 10.1 Å². The molecule has 0 fully saturated rings. The van der Waals surface area contributed by atoms with Gasteiger partial charge >= 0.3 is 0 Å². The molecule has 0 saturated carbocycles. The molecular weight excluding hydrogens is 303 g/mol. The number of halogens is 1. The van der Waals surface area contributed by atoms with Gasteiger partial charge in [0, 0.05) is 34.2 Å². The molecule has 5 heteroatoms. The van der Waals surface area contributed by atoms with Crippen LogP contribution in [0.1, 0.15) is 16.7 Å². The molecule has 2 N–H and O–H groups in total. The Hall–Kier alpha value is -2.56. The van der Waals surface area contributed by atoms with E-state index in [1.165, 1.54) is 11.1 Å². The van der Waals surface area contributed by atoms with Gasteiger partial charge in [0.2, 0.25) is 0 Å². The quantitative estimate of drug-likeness (QED) is 0.654. The largest absolute Gasteiger partial charge is 0.375 e. The maximum Gasteiger partial charge on any atom is 0.191 e. The zero-order chi connectivity index (χ0) is 17.5. The first-order valence-corrected chi connectivity index (χ1v) is 7.95. The second kappa shape index (κ2) is 8.34. The molecule has 128 valence electrons. The summed E-state index contributed by atoms with van der Waals surface area (Å²) in [4.78, 5) is 5.96. The molecule has 0 aromatic heterocycles. The second-order valence-corrected chi connectivity index (χ2v) is 5.95. The first-order chi connectivity index (χ1) is 11.5. The molecule has 0 heterocycles. The number of hydrogen-bond acceptors (Lipinski definition) is 2. The molecule has 0 atom stereocenters. The van der Waals surface area contributed by atoms with Gasteiger partial charge in [0.05, 0.1) is 5.69 Å². The zero-order valence-corrected chi connectivity index (χ0v) is 14.7. The van der Waals surface area contributed by atoms with E-state index < -0.39 is 0 Å². The molecule has 2 aromatic rings. The zero-order valence-electron chi connectivity index (χ0n) is 14.7. The molecule has 0 radical (unpaired) electrons. The predicted octanol–water partition coefficient (Wildman–Crippen LogP) is 3.07. The van der Waals surface area contributed by atoms with E-state index in [9.17, 15) is 4.39 Å². The van der Waals surface area contributed by atoms with E-state index in [2.05, 4.69) is 40.7 Å². The number of anilines is 1. The summed E-state index contributed by atoms with van der Waals surface area (Å²) in [7, 11) is 5.38. The van der Waals surface area contributed by atoms with Crippen molar-refractivity contribution in [1.29, 1.82) is 0 Å². The summed E-state index contributed by atoms with van der Waals surface area (Å²) < 4.78 is 14.0. The Bertz CT molecular complexity index is 710. The average Bonchev–Trinajstić information content (AvgIpc) is 2.55. The highest BCUT2D eigenvalue weighted by Crippen LogP contribution is 2.18. The minimum Gasteiger partial charge on any atom is -0.375 e. The summed E-state index contributed by atoms with van der Waals surface area (Å²) in [5.41, 5.74) is 3.88. The van der Waals surface area contributed by atoms with Crippen molar-refractivity contribution in [1.82, 2.24) is 10.6 Å². The van der Waals surface area contributed by atoms with E-state index in [0.29, 0.717) is 24.7 Å². The van der Waals surface area contributed by atoms with Crippen LogP contribution in [0.2, 0.25) is 0 Å². The lowest BCUT2D eigenvalue weighted by molar-refractivity contribution is 0.623. The van der Waals surface area contributed by atoms with Crippen LogP contribution >= 0.6 is 0 Å². The lowest BCUT2D eigenvalue weighted by atomic mass is 10.1. The van der Waals surface area contributed by atoms with Crippen LogP contribution in [0.5, 0.6) is 0 Å². The lowest BCUT2D eigenvalue weighted by Crippen LogP contribution is -2.36. The van der Waals surface area contributed by atoms with Crippen molar-refractivity contribution in [2.24, 2.45) is 4.99 Å². The summed E-state index contributed by atoms with van der Waals surface area (Å²) in [6.07, 6.45) is 0. The number of nitrogens with zero attached hydrogens (tertiary/aromatic N) is 2. The van der Waals surface area contributed by atoms with Crippen LogP contribution in [-0.4, -0.2) is 27.1 Å². The number of guanidine groups is 1. The third-order valence-corrected chi connectivity index (χ3v) is 3.72. The Labute approximate surface area is 143 Å². The summed E-state index contributed by atoms with van der Waals surface area (Å²) in [6, 6.07) is 13.6. The van der Waals surface area contributed by atoms with E-state index in [1.54, 1.807) is 24.1 Å². The summed E-state index contributed by atoms with van der Waals surface area (Å²) >= 11 is 0. The minimum atomic E-state index is -0.220. The summed E-state index contributed by atoms with van der Waals surface area (Å²) in [6.45, 7) is 3.27. The van der Waals surface area contributed by atoms with E-state index >= 15 is 0 Å². The first-order valence-electron chi connectivity index (χ1n) is 7.95. The standard InChI is InChI=1S/C19H25FN4/c1-14-6-5-7-15(10-14)12-22-19(21-2)23-13-16-8-9-18(24(3)4)17(20)11-16/h5-11H,12-13H2,1-4H3,(H2,21,22,23). The molecule has 0 bridgehead atoms. The highest BCUT2D eigenvalue weighted by atomic mass is 19.1. The van der Waals surface area contributed by atoms with Gasteiger partial charge in [-0.3, -0.25) is 4.99 Å². The molecule has 0 saturated heterocycles. The number of hydrogen-bond donors (Lipinski definition) is 2. The van der Waals surface area contributed by atoms with Crippen LogP contribution in [-0.2, 0) is 13.1 Å². The van der Waals surface area contributed by atoms with Gasteiger partial charge in [-0.2, -0.15) is 0 Å². The van der Waals surface area contributed by atoms with Crippen LogP contribution in [0.15, 0.2) is 47.5 Å². The van der Waals surface area contributed by atoms with Crippen molar-refractivity contribution < 1.29 is 4.39 Å². The number of nitrogens with one attached hydrogen (secondary N) is 2. The van der Waals surface area contributed by atoms with Crippen molar-refractivity contribution in [3.05, 3.63) is 65.0 Å². The summed E-state index contributed by atoms with van der Waals surface area (Å²) in [5, 5.41) is 6.47. The van der Waals surface area contributed by atoms with Gasteiger partial charge in [-0.25, -0.2) is 4.39 Å². The Morgan fingerprint density at radius 1 is 1.04 bits per heavy atom. The van der Waals surface area contributed by atoms with Crippen molar-refractivity contribution >= 4 is 11.6 Å².